The minimum Gasteiger partial charge on any atom is -0.464 e. The summed E-state index contributed by atoms with van der Waals surface area (Å²) in [6.45, 7) is 3.36. The predicted molar refractivity (Wildman–Crippen MR) is 73.0 cm³/mol. The molecule has 1 heterocycles. The number of rotatable bonds is 9. The average Bonchev–Trinajstić information content (AvgIpc) is 2.43. The summed E-state index contributed by atoms with van der Waals surface area (Å²) >= 11 is 0. The second-order valence-corrected chi connectivity index (χ2v) is 4.02. The van der Waals surface area contributed by atoms with Crippen molar-refractivity contribution in [2.75, 3.05) is 37.1 Å². The molecule has 0 spiro atoms. The molecule has 0 bridgehead atoms. The van der Waals surface area contributed by atoms with Crippen LogP contribution in [0.25, 0.3) is 0 Å². The number of nitrogens with zero attached hydrogens (tertiary/aromatic N) is 4. The minimum atomic E-state index is 0.227. The number of unbranched alkanes of at least 4 members (excludes halogenated alkanes) is 2. The molecule has 0 atom stereocenters. The lowest BCUT2D eigenvalue weighted by Gasteiger charge is -2.17. The summed E-state index contributed by atoms with van der Waals surface area (Å²) in [4.78, 5) is 14.3. The van der Waals surface area contributed by atoms with E-state index in [9.17, 15) is 0 Å². The van der Waals surface area contributed by atoms with Gasteiger partial charge in [0.2, 0.25) is 11.9 Å². The highest BCUT2D eigenvalue weighted by molar-refractivity contribution is 5.36. The fraction of sp³-hybridized carbons (Fsp3) is 0.727. The number of hydrazine groups is 1. The summed E-state index contributed by atoms with van der Waals surface area (Å²) in [5.74, 6) is 6.10. The molecule has 0 saturated heterocycles. The second kappa shape index (κ2) is 8.44. The van der Waals surface area contributed by atoms with E-state index in [1.54, 1.807) is 0 Å². The molecule has 0 aliphatic carbocycles. The lowest BCUT2D eigenvalue weighted by atomic mass is 10.2. The molecule has 1 aromatic rings. The largest absolute Gasteiger partial charge is 0.464 e. The quantitative estimate of drug-likeness (QED) is 0.330. The third-order valence-electron chi connectivity index (χ3n) is 2.50. The van der Waals surface area contributed by atoms with Crippen LogP contribution in [0.1, 0.15) is 26.2 Å². The molecule has 1 aromatic heterocycles. The topological polar surface area (TPSA) is 109 Å². The Kier molecular flexibility index (Phi) is 6.83. The second-order valence-electron chi connectivity index (χ2n) is 4.02. The summed E-state index contributed by atoms with van der Waals surface area (Å²) in [6, 6.07) is 0.252. The van der Waals surface area contributed by atoms with Crippen LogP contribution in [-0.4, -0.2) is 46.9 Å². The summed E-state index contributed by atoms with van der Waals surface area (Å²) in [5.41, 5.74) is 2.40. The lowest BCUT2D eigenvalue weighted by Crippen LogP contribution is -2.23. The van der Waals surface area contributed by atoms with Gasteiger partial charge in [-0.2, -0.15) is 15.0 Å². The van der Waals surface area contributed by atoms with Gasteiger partial charge in [-0.25, -0.2) is 5.84 Å². The van der Waals surface area contributed by atoms with Gasteiger partial charge in [0.15, 0.2) is 0 Å². The van der Waals surface area contributed by atoms with E-state index in [-0.39, 0.29) is 18.6 Å². The third kappa shape index (κ3) is 5.23. The van der Waals surface area contributed by atoms with E-state index in [1.807, 2.05) is 18.9 Å². The van der Waals surface area contributed by atoms with Crippen LogP contribution in [0.15, 0.2) is 0 Å². The number of aliphatic hydroxyl groups excluding tert-OH is 1. The number of anilines is 2. The molecule has 0 saturated carbocycles. The molecule has 0 unspecified atom stereocenters. The molecule has 19 heavy (non-hydrogen) atoms. The fourth-order valence-corrected chi connectivity index (χ4v) is 1.51. The maximum atomic E-state index is 8.73. The van der Waals surface area contributed by atoms with Crippen molar-refractivity contribution in [1.82, 2.24) is 15.0 Å². The van der Waals surface area contributed by atoms with E-state index in [2.05, 4.69) is 20.4 Å². The van der Waals surface area contributed by atoms with Crippen molar-refractivity contribution >= 4 is 11.9 Å². The van der Waals surface area contributed by atoms with E-state index in [1.165, 1.54) is 0 Å². The summed E-state index contributed by atoms with van der Waals surface area (Å²) in [7, 11) is 1.89. The third-order valence-corrected chi connectivity index (χ3v) is 2.50. The Morgan fingerprint density at radius 1 is 1.26 bits per heavy atom. The fourth-order valence-electron chi connectivity index (χ4n) is 1.51. The number of ether oxygens (including phenoxy) is 1. The Labute approximate surface area is 113 Å². The normalized spacial score (nSPS) is 10.3. The van der Waals surface area contributed by atoms with Crippen LogP contribution in [0.2, 0.25) is 0 Å². The van der Waals surface area contributed by atoms with Crippen molar-refractivity contribution in [3.63, 3.8) is 0 Å². The summed E-state index contributed by atoms with van der Waals surface area (Å²) in [5, 5.41) is 8.73. The van der Waals surface area contributed by atoms with Gasteiger partial charge in [0.25, 0.3) is 0 Å². The zero-order chi connectivity index (χ0) is 14.1. The molecular formula is C11H22N6O2. The van der Waals surface area contributed by atoms with E-state index in [0.717, 1.165) is 25.8 Å². The van der Waals surface area contributed by atoms with Gasteiger partial charge >= 0.3 is 6.01 Å². The van der Waals surface area contributed by atoms with E-state index in [4.69, 9.17) is 15.7 Å². The number of nitrogens with two attached hydrogens (primary N) is 1. The van der Waals surface area contributed by atoms with Gasteiger partial charge in [0.1, 0.15) is 0 Å². The van der Waals surface area contributed by atoms with Crippen LogP contribution in [0.5, 0.6) is 6.01 Å². The molecule has 0 aliphatic heterocycles. The first-order valence-electron chi connectivity index (χ1n) is 6.38. The van der Waals surface area contributed by atoms with Gasteiger partial charge in [-0.1, -0.05) is 0 Å². The van der Waals surface area contributed by atoms with Crippen LogP contribution < -0.4 is 20.9 Å². The van der Waals surface area contributed by atoms with Crippen molar-refractivity contribution in [2.24, 2.45) is 5.84 Å². The van der Waals surface area contributed by atoms with Crippen molar-refractivity contribution in [3.05, 3.63) is 0 Å². The Morgan fingerprint density at radius 2 is 2.05 bits per heavy atom. The summed E-state index contributed by atoms with van der Waals surface area (Å²) < 4.78 is 5.26. The van der Waals surface area contributed by atoms with Gasteiger partial charge in [0, 0.05) is 20.2 Å². The highest BCUT2D eigenvalue weighted by Gasteiger charge is 2.10. The van der Waals surface area contributed by atoms with E-state index >= 15 is 0 Å². The zero-order valence-electron chi connectivity index (χ0n) is 11.5. The molecule has 108 valence electrons. The molecule has 0 fully saturated rings. The van der Waals surface area contributed by atoms with E-state index < -0.39 is 0 Å². The van der Waals surface area contributed by atoms with Crippen LogP contribution in [0, 0.1) is 0 Å². The Balaban J connectivity index is 2.66. The first-order valence-corrected chi connectivity index (χ1v) is 6.38. The molecular weight excluding hydrogens is 248 g/mol. The lowest BCUT2D eigenvalue weighted by molar-refractivity contribution is 0.283. The minimum absolute atomic E-state index is 0.227. The van der Waals surface area contributed by atoms with Crippen molar-refractivity contribution < 1.29 is 9.84 Å². The van der Waals surface area contributed by atoms with Crippen molar-refractivity contribution in [3.8, 4) is 6.01 Å². The number of hydrogen-bond acceptors (Lipinski definition) is 8. The predicted octanol–water partition coefficient (Wildman–Crippen LogP) is 0.155. The van der Waals surface area contributed by atoms with Crippen LogP contribution in [0.3, 0.4) is 0 Å². The number of nitrogens with one attached hydrogen (secondary N) is 1. The number of hydrogen-bond donors (Lipinski definition) is 3. The highest BCUT2D eigenvalue weighted by atomic mass is 16.5. The van der Waals surface area contributed by atoms with Crippen LogP contribution >= 0.6 is 0 Å². The Hall–Kier alpha value is -1.67. The SMILES string of the molecule is CCOc1nc(NN)nc(N(C)CCCCCO)n1. The maximum absolute atomic E-state index is 8.73. The number of nitrogen functional groups attached to an aromatic ring is 1. The monoisotopic (exact) mass is 270 g/mol. The average molecular weight is 270 g/mol. The van der Waals surface area contributed by atoms with Crippen molar-refractivity contribution in [2.45, 2.75) is 26.2 Å². The van der Waals surface area contributed by atoms with Crippen molar-refractivity contribution in [1.29, 1.82) is 0 Å². The van der Waals surface area contributed by atoms with Gasteiger partial charge < -0.3 is 14.7 Å². The molecule has 8 nitrogen and oxygen atoms in total. The van der Waals surface area contributed by atoms with Gasteiger partial charge in [-0.05, 0) is 26.2 Å². The molecule has 0 radical (unpaired) electrons. The van der Waals surface area contributed by atoms with Gasteiger partial charge in [-0.15, -0.1) is 0 Å². The van der Waals surface area contributed by atoms with Gasteiger partial charge in [-0.3, -0.25) is 5.43 Å². The highest BCUT2D eigenvalue weighted by Crippen LogP contribution is 2.14. The zero-order valence-corrected chi connectivity index (χ0v) is 11.5. The molecule has 8 heteroatoms. The summed E-state index contributed by atoms with van der Waals surface area (Å²) in [6.07, 6.45) is 2.73. The number of aromatic nitrogens is 3. The molecule has 4 N–H and O–H groups in total. The first-order chi connectivity index (χ1) is 9.21. The Morgan fingerprint density at radius 3 is 2.68 bits per heavy atom. The van der Waals surface area contributed by atoms with Crippen LogP contribution in [0.4, 0.5) is 11.9 Å². The molecule has 0 aliphatic rings. The standard InChI is InChI=1S/C11H22N6O2/c1-3-19-11-14-9(16-12)13-10(15-11)17(2)7-5-4-6-8-18/h18H,3-8,12H2,1-2H3,(H,13,14,15,16). The molecule has 0 amide bonds. The smallest absolute Gasteiger partial charge is 0.323 e. The first kappa shape index (κ1) is 15.4. The molecule has 1 rings (SSSR count). The number of aliphatic hydroxyl groups is 1. The van der Waals surface area contributed by atoms with E-state index in [0.29, 0.717) is 12.6 Å². The van der Waals surface area contributed by atoms with Crippen LogP contribution in [-0.2, 0) is 0 Å². The maximum Gasteiger partial charge on any atom is 0.323 e. The molecule has 0 aromatic carbocycles. The van der Waals surface area contributed by atoms with Gasteiger partial charge in [0.05, 0.1) is 6.61 Å². The Bertz CT molecular complexity index is 376.